The van der Waals surface area contributed by atoms with Crippen molar-refractivity contribution in [1.29, 1.82) is 0 Å². The zero-order valence-corrected chi connectivity index (χ0v) is 31.6. The monoisotopic (exact) mass is 746 g/mol. The number of ether oxygens (including phenoxy) is 1. The Morgan fingerprint density at radius 2 is 1.71 bits per heavy atom. The van der Waals surface area contributed by atoms with Crippen LogP contribution in [0.2, 0.25) is 0 Å². The normalized spacial score (nSPS) is 16.7. The lowest BCUT2D eigenvalue weighted by molar-refractivity contribution is -0.128. The molecule has 4 bridgehead atoms. The molecule has 3 heterocycles. The summed E-state index contributed by atoms with van der Waals surface area (Å²) in [5.74, 6) is -1.37. The molecule has 14 nitrogen and oxygen atoms in total. The molecule has 0 saturated heterocycles. The van der Waals surface area contributed by atoms with Crippen LogP contribution in [0.4, 0.5) is 5.69 Å². The van der Waals surface area contributed by atoms with Crippen molar-refractivity contribution in [3.63, 3.8) is 0 Å². The molecule has 6 rings (SSSR count). The smallest absolute Gasteiger partial charge is 0.255 e. The number of aryl methyl sites for hydroxylation is 3. The van der Waals surface area contributed by atoms with Gasteiger partial charge in [0.1, 0.15) is 23.4 Å². The summed E-state index contributed by atoms with van der Waals surface area (Å²) in [6.07, 6.45) is 0.959. The first kappa shape index (κ1) is 38.6. The van der Waals surface area contributed by atoms with Crippen LogP contribution in [0.3, 0.4) is 0 Å². The van der Waals surface area contributed by atoms with Gasteiger partial charge in [-0.15, -0.1) is 0 Å². The minimum Gasteiger partial charge on any atom is -0.487 e. The molecular weight excluding hydrogens is 701 g/mol. The zero-order chi connectivity index (χ0) is 39.6. The summed E-state index contributed by atoms with van der Waals surface area (Å²) < 4.78 is 6.01. The lowest BCUT2D eigenvalue weighted by Gasteiger charge is -2.23. The Kier molecular flexibility index (Phi) is 11.0. The highest BCUT2D eigenvalue weighted by atomic mass is 16.5. The quantitative estimate of drug-likeness (QED) is 0.156. The Labute approximate surface area is 319 Å². The van der Waals surface area contributed by atoms with Crippen molar-refractivity contribution in [2.75, 3.05) is 18.4 Å². The minimum absolute atomic E-state index is 0.00448. The molecule has 5 amide bonds. The van der Waals surface area contributed by atoms with E-state index in [0.717, 1.165) is 23.3 Å². The van der Waals surface area contributed by atoms with Gasteiger partial charge in [-0.2, -0.15) is 0 Å². The lowest BCUT2D eigenvalue weighted by atomic mass is 9.93. The van der Waals surface area contributed by atoms with Crippen molar-refractivity contribution in [2.45, 2.75) is 78.0 Å². The highest BCUT2D eigenvalue weighted by Crippen LogP contribution is 2.37. The van der Waals surface area contributed by atoms with Gasteiger partial charge in [0.05, 0.1) is 35.6 Å². The van der Waals surface area contributed by atoms with Gasteiger partial charge in [0, 0.05) is 24.0 Å². The van der Waals surface area contributed by atoms with Gasteiger partial charge in [0.25, 0.3) is 5.91 Å². The van der Waals surface area contributed by atoms with Gasteiger partial charge in [-0.25, -0.2) is 9.97 Å². The fourth-order valence-electron chi connectivity index (χ4n) is 7.15. The molecule has 1 unspecified atom stereocenters. The maximum Gasteiger partial charge on any atom is 0.255 e. The maximum absolute atomic E-state index is 14.1. The Hall–Kier alpha value is -6.15. The van der Waals surface area contributed by atoms with Gasteiger partial charge in [-0.1, -0.05) is 30.3 Å². The van der Waals surface area contributed by atoms with Crippen molar-refractivity contribution < 1.29 is 28.7 Å². The van der Waals surface area contributed by atoms with E-state index in [1.807, 2.05) is 50.2 Å². The predicted molar refractivity (Wildman–Crippen MR) is 207 cm³/mol. The van der Waals surface area contributed by atoms with E-state index in [1.54, 1.807) is 39.0 Å². The number of nitrogens with one attached hydrogen (secondary N) is 4. The van der Waals surface area contributed by atoms with Crippen molar-refractivity contribution in [1.82, 2.24) is 25.9 Å². The molecule has 8 N–H and O–H groups in total. The van der Waals surface area contributed by atoms with E-state index in [4.69, 9.17) is 16.2 Å². The molecule has 14 heteroatoms. The second kappa shape index (κ2) is 15.7. The van der Waals surface area contributed by atoms with Crippen LogP contribution in [0.15, 0.2) is 54.6 Å². The van der Waals surface area contributed by atoms with Crippen LogP contribution in [-0.2, 0) is 38.4 Å². The van der Waals surface area contributed by atoms with Crippen molar-refractivity contribution in [3.05, 3.63) is 93.8 Å². The van der Waals surface area contributed by atoms with Crippen LogP contribution < -0.4 is 37.5 Å². The lowest BCUT2D eigenvalue weighted by Crippen LogP contribution is -2.49. The Morgan fingerprint density at radius 3 is 2.42 bits per heavy atom. The van der Waals surface area contributed by atoms with E-state index in [9.17, 15) is 24.0 Å². The largest absolute Gasteiger partial charge is 0.487 e. The van der Waals surface area contributed by atoms with Crippen molar-refractivity contribution in [2.24, 2.45) is 11.5 Å². The molecule has 0 saturated carbocycles. The highest BCUT2D eigenvalue weighted by molar-refractivity contribution is 6.04. The Balaban J connectivity index is 1.28. The van der Waals surface area contributed by atoms with Crippen LogP contribution in [0.25, 0.3) is 22.5 Å². The average molecular weight is 747 g/mol. The van der Waals surface area contributed by atoms with Crippen LogP contribution in [0.1, 0.15) is 64.3 Å². The number of aromatic nitrogens is 2. The van der Waals surface area contributed by atoms with Crippen LogP contribution in [-0.4, -0.2) is 70.3 Å². The molecule has 55 heavy (non-hydrogen) atoms. The third kappa shape index (κ3) is 8.81. The molecule has 0 fully saturated rings. The van der Waals surface area contributed by atoms with E-state index in [-0.39, 0.29) is 49.4 Å². The first-order valence-corrected chi connectivity index (χ1v) is 18.2. The Morgan fingerprint density at radius 1 is 0.964 bits per heavy atom. The molecule has 2 atom stereocenters. The number of nitrogens with zero attached hydrogens (tertiary/aromatic N) is 2. The van der Waals surface area contributed by atoms with E-state index >= 15 is 0 Å². The number of hydrogen-bond donors (Lipinski definition) is 6. The highest BCUT2D eigenvalue weighted by Gasteiger charge is 2.31. The second-order valence-corrected chi connectivity index (χ2v) is 14.8. The van der Waals surface area contributed by atoms with Gasteiger partial charge in [-0.3, -0.25) is 24.0 Å². The number of carbonyl (C=O) groups excluding carboxylic acids is 5. The number of anilines is 1. The second-order valence-electron chi connectivity index (χ2n) is 14.8. The summed E-state index contributed by atoms with van der Waals surface area (Å²) >= 11 is 0. The first-order valence-electron chi connectivity index (χ1n) is 18.2. The summed E-state index contributed by atoms with van der Waals surface area (Å²) in [5, 5.41) is 11.1. The number of carbonyl (C=O) groups is 5. The fourth-order valence-corrected chi connectivity index (χ4v) is 7.15. The molecule has 2 aliphatic rings. The van der Waals surface area contributed by atoms with E-state index in [2.05, 4.69) is 31.2 Å². The number of benzene rings is 3. The van der Waals surface area contributed by atoms with E-state index < -0.39 is 35.7 Å². The van der Waals surface area contributed by atoms with Crippen LogP contribution in [0.5, 0.6) is 5.75 Å². The van der Waals surface area contributed by atoms with Gasteiger partial charge >= 0.3 is 0 Å². The summed E-state index contributed by atoms with van der Waals surface area (Å²) in [6.45, 7) is 9.15. The van der Waals surface area contributed by atoms with Gasteiger partial charge in [0.2, 0.25) is 23.6 Å². The van der Waals surface area contributed by atoms with Gasteiger partial charge < -0.3 is 37.5 Å². The maximum atomic E-state index is 14.1. The standard InChI is InChI=1S/C41H46N8O6/c1-21-13-25-15-29(26-8-6-7-24(14-26)17-33(50)44-20-34(51)47-31(16-25)37(43)52)36(21)49-39(53)30(11-12-42)48-40(54)35-22(2)45-38(46-23(35)3)27-9-10-32-28(18-27)19-41(4,5)55-32/h6-10,13-15,18,30-31H,11-12,16-17,19-20,42H2,1-5H3,(H2,43,52)(H,44,50)(H,47,51)(H,48,54)(H,49,53)/t30-,31?/m0/s1. The topological polar surface area (TPSA) is 221 Å². The molecule has 2 aliphatic heterocycles. The molecule has 286 valence electrons. The molecular formula is C41H46N8O6. The number of hydrogen-bond acceptors (Lipinski definition) is 9. The molecule has 4 aromatic rings. The fraction of sp³-hybridized carbons (Fsp3) is 0.341. The molecule has 0 aliphatic carbocycles. The van der Waals surface area contributed by atoms with Crippen LogP contribution >= 0.6 is 0 Å². The predicted octanol–water partition coefficient (Wildman–Crippen LogP) is 2.72. The van der Waals surface area contributed by atoms with Gasteiger partial charge in [0.15, 0.2) is 5.82 Å². The zero-order valence-electron chi connectivity index (χ0n) is 31.6. The molecule has 0 spiro atoms. The summed E-state index contributed by atoms with van der Waals surface area (Å²) in [5.41, 5.74) is 18.1. The average Bonchev–Trinajstić information content (AvgIpc) is 3.43. The van der Waals surface area contributed by atoms with Crippen molar-refractivity contribution >= 4 is 35.2 Å². The number of rotatable bonds is 8. The van der Waals surface area contributed by atoms with E-state index in [1.165, 1.54) is 0 Å². The van der Waals surface area contributed by atoms with Crippen molar-refractivity contribution in [3.8, 4) is 28.3 Å². The number of primary amides is 1. The van der Waals surface area contributed by atoms with Gasteiger partial charge in [-0.05, 0) is 99.7 Å². The third-order valence-corrected chi connectivity index (χ3v) is 9.71. The minimum atomic E-state index is -1.05. The molecule has 1 aromatic heterocycles. The Bertz CT molecular complexity index is 2190. The number of fused-ring (bicyclic) bond motifs is 6. The summed E-state index contributed by atoms with van der Waals surface area (Å²) in [7, 11) is 0. The number of nitrogens with two attached hydrogens (primary N) is 2. The summed E-state index contributed by atoms with van der Waals surface area (Å²) in [4.78, 5) is 74.9. The third-order valence-electron chi connectivity index (χ3n) is 9.71. The number of amides is 5. The summed E-state index contributed by atoms with van der Waals surface area (Å²) in [6, 6.07) is 14.6. The SMILES string of the molecule is Cc1cc2cc(c1NC(=O)[C@H](CCN)NC(=O)c1c(C)nc(-c3ccc4c(c3)CC(C)(C)O4)nc1C)-c1cccc(c1)CC(=O)NCC(=O)NC(C(N)=O)C2. The molecule has 3 aromatic carbocycles. The van der Waals surface area contributed by atoms with Crippen LogP contribution in [0, 0.1) is 20.8 Å². The first-order chi connectivity index (χ1) is 26.1. The molecule has 0 radical (unpaired) electrons. The van der Waals surface area contributed by atoms with E-state index in [0.29, 0.717) is 50.7 Å².